The van der Waals surface area contributed by atoms with Crippen molar-refractivity contribution >= 4 is 12.1 Å². The van der Waals surface area contributed by atoms with Crippen LogP contribution in [0.4, 0.5) is 0 Å². The Morgan fingerprint density at radius 2 is 1.95 bits per heavy atom. The lowest BCUT2D eigenvalue weighted by atomic mass is 9.83. The van der Waals surface area contributed by atoms with E-state index in [0.29, 0.717) is 5.57 Å². The van der Waals surface area contributed by atoms with Crippen LogP contribution in [-0.4, -0.2) is 23.3 Å². The largest absolute Gasteiger partial charge is 0.391 e. The van der Waals surface area contributed by atoms with Crippen LogP contribution in [0.2, 0.25) is 0 Å². The SMILES string of the molecule is CC(=O)C1(C(C)=CC2C(C=O)=CC(C)(C)C2O)CC1. The predicted octanol–water partition coefficient (Wildman–Crippen LogP) is 2.44. The molecule has 2 unspecified atom stereocenters. The minimum Gasteiger partial charge on any atom is -0.391 e. The Balaban J connectivity index is 2.31. The lowest BCUT2D eigenvalue weighted by Crippen LogP contribution is -2.29. The van der Waals surface area contributed by atoms with Gasteiger partial charge in [-0.3, -0.25) is 9.59 Å². The highest BCUT2D eigenvalue weighted by molar-refractivity contribution is 5.88. The van der Waals surface area contributed by atoms with Crippen molar-refractivity contribution in [2.75, 3.05) is 0 Å². The number of allylic oxidation sites excluding steroid dienone is 1. The van der Waals surface area contributed by atoms with Crippen LogP contribution in [0.1, 0.15) is 40.5 Å². The average Bonchev–Trinajstić information content (AvgIpc) is 3.10. The number of aliphatic hydroxyl groups is 1. The smallest absolute Gasteiger partial charge is 0.146 e. The van der Waals surface area contributed by atoms with Crippen molar-refractivity contribution < 1.29 is 14.7 Å². The first-order valence-electron chi connectivity index (χ1n) is 6.80. The zero-order valence-electron chi connectivity index (χ0n) is 12.1. The van der Waals surface area contributed by atoms with Crippen LogP contribution >= 0.6 is 0 Å². The van der Waals surface area contributed by atoms with Gasteiger partial charge in [0.15, 0.2) is 0 Å². The molecule has 0 spiro atoms. The second kappa shape index (κ2) is 4.41. The molecule has 2 rings (SSSR count). The number of hydrogen-bond acceptors (Lipinski definition) is 3. The van der Waals surface area contributed by atoms with Crippen LogP contribution in [0.15, 0.2) is 23.3 Å². The van der Waals surface area contributed by atoms with Gasteiger partial charge >= 0.3 is 0 Å². The van der Waals surface area contributed by atoms with Gasteiger partial charge in [0, 0.05) is 16.7 Å². The second-order valence-corrected chi connectivity index (χ2v) is 6.54. The van der Waals surface area contributed by atoms with Crippen molar-refractivity contribution in [3.8, 4) is 0 Å². The van der Waals surface area contributed by atoms with Crippen molar-refractivity contribution in [1.82, 2.24) is 0 Å². The Labute approximate surface area is 114 Å². The van der Waals surface area contributed by atoms with E-state index in [1.54, 1.807) is 6.92 Å². The maximum atomic E-state index is 11.7. The van der Waals surface area contributed by atoms with Crippen molar-refractivity contribution in [2.45, 2.75) is 46.6 Å². The van der Waals surface area contributed by atoms with Crippen LogP contribution in [-0.2, 0) is 9.59 Å². The van der Waals surface area contributed by atoms with Crippen molar-refractivity contribution in [3.05, 3.63) is 23.3 Å². The summed E-state index contributed by atoms with van der Waals surface area (Å²) in [5.74, 6) is -0.103. The highest BCUT2D eigenvalue weighted by Crippen LogP contribution is 2.53. The molecule has 19 heavy (non-hydrogen) atoms. The van der Waals surface area contributed by atoms with E-state index in [4.69, 9.17) is 0 Å². The zero-order valence-corrected chi connectivity index (χ0v) is 12.1. The Kier molecular flexibility index (Phi) is 3.29. The van der Waals surface area contributed by atoms with Crippen LogP contribution in [0.5, 0.6) is 0 Å². The number of ketones is 1. The first-order valence-corrected chi connectivity index (χ1v) is 6.80. The van der Waals surface area contributed by atoms with Gasteiger partial charge in [-0.15, -0.1) is 0 Å². The fourth-order valence-corrected chi connectivity index (χ4v) is 3.13. The molecule has 0 heterocycles. The van der Waals surface area contributed by atoms with Gasteiger partial charge in [0.2, 0.25) is 0 Å². The first kappa shape index (κ1) is 14.2. The summed E-state index contributed by atoms with van der Waals surface area (Å²) < 4.78 is 0. The van der Waals surface area contributed by atoms with Gasteiger partial charge in [-0.05, 0) is 32.3 Å². The average molecular weight is 262 g/mol. The van der Waals surface area contributed by atoms with Gasteiger partial charge < -0.3 is 5.11 Å². The third-order valence-electron chi connectivity index (χ3n) is 4.77. The van der Waals surface area contributed by atoms with E-state index in [1.807, 2.05) is 32.9 Å². The number of aldehydes is 1. The summed E-state index contributed by atoms with van der Waals surface area (Å²) in [4.78, 5) is 22.9. The monoisotopic (exact) mass is 262 g/mol. The summed E-state index contributed by atoms with van der Waals surface area (Å²) >= 11 is 0. The molecular formula is C16H22O3. The third kappa shape index (κ3) is 2.20. The number of aliphatic hydroxyl groups excluding tert-OH is 1. The minimum atomic E-state index is -0.606. The van der Waals surface area contributed by atoms with E-state index in [2.05, 4.69) is 0 Å². The molecule has 104 valence electrons. The fourth-order valence-electron chi connectivity index (χ4n) is 3.13. The van der Waals surface area contributed by atoms with Gasteiger partial charge in [-0.1, -0.05) is 31.6 Å². The lowest BCUT2D eigenvalue weighted by Gasteiger charge is -2.25. The standard InChI is InChI=1S/C16H22O3/c1-10(16(5-6-16)11(2)18)7-13-12(9-17)8-15(3,4)14(13)19/h7-9,13-14,19H,5-6H2,1-4H3. The Hall–Kier alpha value is -1.22. The lowest BCUT2D eigenvalue weighted by molar-refractivity contribution is -0.120. The molecule has 2 aliphatic carbocycles. The predicted molar refractivity (Wildman–Crippen MR) is 73.5 cm³/mol. The Morgan fingerprint density at radius 3 is 2.37 bits per heavy atom. The van der Waals surface area contributed by atoms with Crippen LogP contribution in [0.25, 0.3) is 0 Å². The summed E-state index contributed by atoms with van der Waals surface area (Å²) in [5.41, 5.74) is 0.899. The molecule has 0 radical (unpaired) electrons. The Bertz CT molecular complexity index is 478. The molecule has 0 bridgehead atoms. The van der Waals surface area contributed by atoms with Gasteiger partial charge in [0.1, 0.15) is 12.1 Å². The van der Waals surface area contributed by atoms with Crippen molar-refractivity contribution in [1.29, 1.82) is 0 Å². The van der Waals surface area contributed by atoms with Crippen LogP contribution in [0, 0.1) is 16.7 Å². The highest BCUT2D eigenvalue weighted by atomic mass is 16.3. The molecule has 2 aliphatic rings. The summed E-state index contributed by atoms with van der Waals surface area (Å²) in [6.45, 7) is 7.40. The van der Waals surface area contributed by atoms with Crippen molar-refractivity contribution in [3.63, 3.8) is 0 Å². The maximum Gasteiger partial charge on any atom is 0.146 e. The summed E-state index contributed by atoms with van der Waals surface area (Å²) in [5, 5.41) is 10.4. The van der Waals surface area contributed by atoms with Gasteiger partial charge in [0.05, 0.1) is 6.10 Å². The van der Waals surface area contributed by atoms with Crippen LogP contribution in [0.3, 0.4) is 0 Å². The quantitative estimate of drug-likeness (QED) is 0.625. The summed E-state index contributed by atoms with van der Waals surface area (Å²) in [6.07, 6.45) is 5.75. The number of carbonyl (C=O) groups is 2. The van der Waals surface area contributed by atoms with Gasteiger partial charge in [-0.2, -0.15) is 0 Å². The minimum absolute atomic E-state index is 0.185. The molecule has 1 N–H and O–H groups in total. The van der Waals surface area contributed by atoms with E-state index in [9.17, 15) is 14.7 Å². The number of rotatable bonds is 4. The first-order chi connectivity index (χ1) is 8.74. The molecule has 0 aromatic rings. The molecular weight excluding hydrogens is 240 g/mol. The normalized spacial score (nSPS) is 31.8. The van der Waals surface area contributed by atoms with Gasteiger partial charge in [0.25, 0.3) is 0 Å². The van der Waals surface area contributed by atoms with Crippen LogP contribution < -0.4 is 0 Å². The molecule has 1 saturated carbocycles. The molecule has 3 heteroatoms. The zero-order chi connectivity index (χ0) is 14.4. The number of hydrogen-bond donors (Lipinski definition) is 1. The summed E-state index contributed by atoms with van der Waals surface area (Å²) in [6, 6.07) is 0. The summed E-state index contributed by atoms with van der Waals surface area (Å²) in [7, 11) is 0. The van der Waals surface area contributed by atoms with Gasteiger partial charge in [-0.25, -0.2) is 0 Å². The molecule has 0 saturated heterocycles. The topological polar surface area (TPSA) is 54.4 Å². The van der Waals surface area contributed by atoms with E-state index < -0.39 is 11.5 Å². The molecule has 0 aromatic carbocycles. The second-order valence-electron chi connectivity index (χ2n) is 6.54. The maximum absolute atomic E-state index is 11.7. The van der Waals surface area contributed by atoms with Crippen molar-refractivity contribution in [2.24, 2.45) is 16.7 Å². The number of Topliss-reactive ketones (excluding diaryl/α,β-unsaturated/α-hetero) is 1. The number of carbonyl (C=O) groups excluding carboxylic acids is 2. The van der Waals surface area contributed by atoms with E-state index in [1.165, 1.54) is 0 Å². The molecule has 0 aromatic heterocycles. The van der Waals surface area contributed by atoms with E-state index in [0.717, 1.165) is 24.7 Å². The van der Waals surface area contributed by atoms with E-state index >= 15 is 0 Å². The highest BCUT2D eigenvalue weighted by Gasteiger charge is 2.49. The molecule has 2 atom stereocenters. The molecule has 3 nitrogen and oxygen atoms in total. The van der Waals surface area contributed by atoms with E-state index in [-0.39, 0.29) is 17.1 Å². The molecule has 0 aliphatic heterocycles. The molecule has 0 amide bonds. The third-order valence-corrected chi connectivity index (χ3v) is 4.77. The molecule has 1 fully saturated rings. The fraction of sp³-hybridized carbons (Fsp3) is 0.625. The Morgan fingerprint density at radius 1 is 1.37 bits per heavy atom.